The van der Waals surface area contributed by atoms with Crippen molar-refractivity contribution in [2.75, 3.05) is 6.54 Å². The second kappa shape index (κ2) is 8.79. The van der Waals surface area contributed by atoms with Gasteiger partial charge >= 0.3 is 0 Å². The molecule has 0 aliphatic rings. The fourth-order valence-corrected chi connectivity index (χ4v) is 4.47. The van der Waals surface area contributed by atoms with Crippen LogP contribution in [0.1, 0.15) is 37.1 Å². The first-order valence-corrected chi connectivity index (χ1v) is 11.4. The number of H-pyrrole nitrogens is 1. The first-order chi connectivity index (χ1) is 14.5. The molecular formula is C27H29BrN2. The van der Waals surface area contributed by atoms with Crippen molar-refractivity contribution in [1.29, 1.82) is 0 Å². The molecule has 0 aliphatic carbocycles. The third kappa shape index (κ3) is 4.38. The average molecular weight is 461 g/mol. The summed E-state index contributed by atoms with van der Waals surface area (Å²) >= 11 is 3.59. The fraction of sp³-hybridized carbons (Fsp3) is 0.259. The van der Waals surface area contributed by atoms with Crippen LogP contribution in [0.4, 0.5) is 0 Å². The van der Waals surface area contributed by atoms with E-state index in [0.717, 1.165) is 30.4 Å². The second-order valence-electron chi connectivity index (χ2n) is 8.56. The molecule has 2 N–H and O–H groups in total. The summed E-state index contributed by atoms with van der Waals surface area (Å²) in [5, 5.41) is 7.54. The van der Waals surface area contributed by atoms with Gasteiger partial charge in [0, 0.05) is 33.0 Å². The van der Waals surface area contributed by atoms with Crippen molar-refractivity contribution in [2.24, 2.45) is 0 Å². The SMILES string of the molecule is C=CC(C)(C)c1[nH]c2cc(Br)ccc2c1CCCNCc1ccc2ccccc2c1. The Bertz CT molecular complexity index is 1190. The van der Waals surface area contributed by atoms with Gasteiger partial charge in [0.15, 0.2) is 0 Å². The van der Waals surface area contributed by atoms with E-state index in [1.54, 1.807) is 0 Å². The van der Waals surface area contributed by atoms with Crippen LogP contribution in [-0.4, -0.2) is 11.5 Å². The Kier molecular flexibility index (Phi) is 6.12. The zero-order chi connectivity index (χ0) is 21.1. The first kappa shape index (κ1) is 20.9. The molecular weight excluding hydrogens is 432 g/mol. The fourth-order valence-electron chi connectivity index (χ4n) is 4.11. The number of nitrogens with one attached hydrogen (secondary N) is 2. The number of hydrogen-bond acceptors (Lipinski definition) is 1. The number of rotatable bonds is 8. The van der Waals surface area contributed by atoms with Gasteiger partial charge < -0.3 is 10.3 Å². The van der Waals surface area contributed by atoms with Gasteiger partial charge in [0.25, 0.3) is 0 Å². The molecule has 1 heterocycles. The molecule has 4 rings (SSSR count). The largest absolute Gasteiger partial charge is 0.357 e. The minimum Gasteiger partial charge on any atom is -0.357 e. The number of allylic oxidation sites excluding steroid dienone is 1. The maximum absolute atomic E-state index is 4.06. The summed E-state index contributed by atoms with van der Waals surface area (Å²) in [6.45, 7) is 10.4. The molecule has 0 fully saturated rings. The third-order valence-electron chi connectivity index (χ3n) is 5.95. The van der Waals surface area contributed by atoms with Gasteiger partial charge in [0.05, 0.1) is 0 Å². The Morgan fingerprint density at radius 1 is 1.03 bits per heavy atom. The number of fused-ring (bicyclic) bond motifs is 2. The van der Waals surface area contributed by atoms with Crippen LogP contribution in [0.3, 0.4) is 0 Å². The van der Waals surface area contributed by atoms with Gasteiger partial charge in [-0.3, -0.25) is 0 Å². The van der Waals surface area contributed by atoms with Crippen LogP contribution in [0, 0.1) is 0 Å². The summed E-state index contributed by atoms with van der Waals surface area (Å²) < 4.78 is 1.10. The monoisotopic (exact) mass is 460 g/mol. The predicted octanol–water partition coefficient (Wildman–Crippen LogP) is 7.27. The number of aryl methyl sites for hydroxylation is 1. The van der Waals surface area contributed by atoms with E-state index in [0.29, 0.717) is 0 Å². The molecule has 4 aromatic rings. The highest BCUT2D eigenvalue weighted by atomic mass is 79.9. The molecule has 0 saturated carbocycles. The molecule has 3 heteroatoms. The van der Waals surface area contributed by atoms with Gasteiger partial charge in [-0.1, -0.05) is 78.3 Å². The number of aromatic nitrogens is 1. The van der Waals surface area contributed by atoms with Gasteiger partial charge in [0.1, 0.15) is 0 Å². The minimum absolute atomic E-state index is 0.0840. The van der Waals surface area contributed by atoms with Crippen molar-refractivity contribution in [3.63, 3.8) is 0 Å². The third-order valence-corrected chi connectivity index (χ3v) is 6.44. The standard InChI is InChI=1S/C27H29BrN2/c1-4-27(2,3)26-24(23-14-13-22(28)17-25(23)30-26)10-7-15-29-18-19-11-12-20-8-5-6-9-21(20)16-19/h4-6,8-9,11-14,16-17,29-30H,1,7,10,15,18H2,2-3H3. The van der Waals surface area contributed by atoms with Crippen LogP contribution in [0.2, 0.25) is 0 Å². The van der Waals surface area contributed by atoms with E-state index in [-0.39, 0.29) is 5.41 Å². The van der Waals surface area contributed by atoms with Gasteiger partial charge in [-0.15, -0.1) is 6.58 Å². The van der Waals surface area contributed by atoms with E-state index < -0.39 is 0 Å². The van der Waals surface area contributed by atoms with E-state index in [1.807, 2.05) is 6.08 Å². The molecule has 0 saturated heterocycles. The van der Waals surface area contributed by atoms with Crippen molar-refractivity contribution < 1.29 is 0 Å². The van der Waals surface area contributed by atoms with E-state index in [2.05, 4.69) is 107 Å². The Labute approximate surface area is 187 Å². The summed E-state index contributed by atoms with van der Waals surface area (Å²) in [5.74, 6) is 0. The van der Waals surface area contributed by atoms with Gasteiger partial charge in [-0.05, 0) is 59.5 Å². The van der Waals surface area contributed by atoms with Crippen molar-refractivity contribution in [2.45, 2.75) is 38.6 Å². The van der Waals surface area contributed by atoms with Crippen molar-refractivity contribution in [1.82, 2.24) is 10.3 Å². The Morgan fingerprint density at radius 2 is 1.83 bits per heavy atom. The van der Waals surface area contributed by atoms with Crippen molar-refractivity contribution in [3.8, 4) is 0 Å². The topological polar surface area (TPSA) is 27.8 Å². The lowest BCUT2D eigenvalue weighted by molar-refractivity contribution is 0.622. The summed E-state index contributed by atoms with van der Waals surface area (Å²) in [6, 6.07) is 21.7. The molecule has 154 valence electrons. The number of hydrogen-bond donors (Lipinski definition) is 2. The molecule has 0 aliphatic heterocycles. The molecule has 30 heavy (non-hydrogen) atoms. The van der Waals surface area contributed by atoms with E-state index in [9.17, 15) is 0 Å². The summed E-state index contributed by atoms with van der Waals surface area (Å²) in [7, 11) is 0. The van der Waals surface area contributed by atoms with Gasteiger partial charge in [0.2, 0.25) is 0 Å². The maximum atomic E-state index is 4.06. The average Bonchev–Trinajstić information content (AvgIpc) is 3.11. The lowest BCUT2D eigenvalue weighted by Gasteiger charge is -2.21. The zero-order valence-electron chi connectivity index (χ0n) is 17.8. The molecule has 0 spiro atoms. The minimum atomic E-state index is -0.0840. The van der Waals surface area contributed by atoms with Gasteiger partial charge in [-0.2, -0.15) is 0 Å². The zero-order valence-corrected chi connectivity index (χ0v) is 19.4. The lowest BCUT2D eigenvalue weighted by atomic mass is 9.85. The van der Waals surface area contributed by atoms with Crippen LogP contribution in [0.5, 0.6) is 0 Å². The molecule has 0 unspecified atom stereocenters. The van der Waals surface area contributed by atoms with Crippen LogP contribution in [0.15, 0.2) is 77.8 Å². The van der Waals surface area contributed by atoms with Gasteiger partial charge in [-0.25, -0.2) is 0 Å². The smallest absolute Gasteiger partial charge is 0.0470 e. The van der Waals surface area contributed by atoms with Crippen LogP contribution in [0.25, 0.3) is 21.7 Å². The second-order valence-corrected chi connectivity index (χ2v) is 9.47. The number of benzene rings is 3. The first-order valence-electron chi connectivity index (χ1n) is 10.6. The highest BCUT2D eigenvalue weighted by molar-refractivity contribution is 9.10. The molecule has 0 radical (unpaired) electrons. The number of aromatic amines is 1. The van der Waals surface area contributed by atoms with E-state index in [4.69, 9.17) is 0 Å². The quantitative estimate of drug-likeness (QED) is 0.210. The Balaban J connectivity index is 1.43. The normalized spacial score (nSPS) is 12.0. The summed E-state index contributed by atoms with van der Waals surface area (Å²) in [4.78, 5) is 3.66. The highest BCUT2D eigenvalue weighted by Crippen LogP contribution is 2.34. The molecule has 3 aromatic carbocycles. The van der Waals surface area contributed by atoms with Crippen molar-refractivity contribution >= 4 is 37.6 Å². The predicted molar refractivity (Wildman–Crippen MR) is 133 cm³/mol. The van der Waals surface area contributed by atoms with Crippen LogP contribution < -0.4 is 5.32 Å². The number of halogens is 1. The maximum Gasteiger partial charge on any atom is 0.0470 e. The molecule has 2 nitrogen and oxygen atoms in total. The molecule has 0 atom stereocenters. The lowest BCUT2D eigenvalue weighted by Crippen LogP contribution is -2.18. The molecule has 0 bridgehead atoms. The Hall–Kier alpha value is -2.36. The van der Waals surface area contributed by atoms with E-state index in [1.165, 1.54) is 38.5 Å². The van der Waals surface area contributed by atoms with Crippen LogP contribution in [-0.2, 0) is 18.4 Å². The highest BCUT2D eigenvalue weighted by Gasteiger charge is 2.23. The van der Waals surface area contributed by atoms with E-state index >= 15 is 0 Å². The summed E-state index contributed by atoms with van der Waals surface area (Å²) in [6.07, 6.45) is 4.17. The molecule has 0 amide bonds. The van der Waals surface area contributed by atoms with Crippen LogP contribution >= 0.6 is 15.9 Å². The van der Waals surface area contributed by atoms with Crippen molar-refractivity contribution in [3.05, 3.63) is 94.6 Å². The summed E-state index contributed by atoms with van der Waals surface area (Å²) in [5.41, 5.74) is 5.13. The Morgan fingerprint density at radius 3 is 2.63 bits per heavy atom. The molecule has 1 aromatic heterocycles.